The summed E-state index contributed by atoms with van der Waals surface area (Å²) in [5, 5.41) is 2.04. The molecule has 0 unspecified atom stereocenters. The number of imidazole rings is 1. The molecule has 2 N–H and O–H groups in total. The summed E-state index contributed by atoms with van der Waals surface area (Å²) in [4.78, 5) is 4.64. The molecule has 1 aromatic heterocycles. The minimum absolute atomic E-state index is 0.385. The van der Waals surface area contributed by atoms with Gasteiger partial charge in [0.1, 0.15) is 5.82 Å². The summed E-state index contributed by atoms with van der Waals surface area (Å²) in [6, 6.07) is 5.85. The Morgan fingerprint density at radius 1 is 1.31 bits per heavy atom. The zero-order valence-corrected chi connectivity index (χ0v) is 10.2. The summed E-state index contributed by atoms with van der Waals surface area (Å²) in [7, 11) is 4.03. The molecule has 4 heteroatoms. The highest BCUT2D eigenvalue weighted by Crippen LogP contribution is 2.23. The van der Waals surface area contributed by atoms with Gasteiger partial charge in [-0.1, -0.05) is 13.8 Å². The van der Waals surface area contributed by atoms with Crippen molar-refractivity contribution in [3.63, 3.8) is 0 Å². The van der Waals surface area contributed by atoms with Gasteiger partial charge in [0.2, 0.25) is 0 Å². The molecule has 2 rings (SSSR count). The van der Waals surface area contributed by atoms with E-state index in [0.717, 1.165) is 22.5 Å². The second kappa shape index (κ2) is 3.70. The smallest absolute Gasteiger partial charge is 0.131 e. The van der Waals surface area contributed by atoms with E-state index < -0.39 is 0 Å². The minimum atomic E-state index is 0.385. The van der Waals surface area contributed by atoms with Crippen molar-refractivity contribution < 1.29 is 0 Å². The molecule has 0 spiro atoms. The van der Waals surface area contributed by atoms with Crippen LogP contribution in [0.5, 0.6) is 0 Å². The Morgan fingerprint density at radius 2 is 2.00 bits per heavy atom. The maximum absolute atomic E-state index is 5.77. The third-order valence-electron chi connectivity index (χ3n) is 2.60. The maximum atomic E-state index is 5.77. The zero-order chi connectivity index (χ0) is 11.9. The number of nitrogen functional groups attached to an aromatic ring is 1. The highest BCUT2D eigenvalue weighted by Gasteiger charge is 2.14. The van der Waals surface area contributed by atoms with Crippen LogP contribution in [0.2, 0.25) is 0 Å². The Hall–Kier alpha value is -1.71. The monoisotopic (exact) mass is 218 g/mol. The number of benzene rings is 1. The number of anilines is 1. The number of aromatic nitrogens is 2. The molecule has 1 aromatic carbocycles. The molecule has 0 fully saturated rings. The number of nitrogens with two attached hydrogens (primary N) is 1. The van der Waals surface area contributed by atoms with Crippen LogP contribution in [0.3, 0.4) is 0 Å². The second-order valence-corrected chi connectivity index (χ2v) is 4.53. The predicted molar refractivity (Wildman–Crippen MR) is 68.3 cm³/mol. The van der Waals surface area contributed by atoms with Gasteiger partial charge in [-0.25, -0.2) is 9.66 Å². The molecule has 0 saturated carbocycles. The molecule has 0 radical (unpaired) electrons. The van der Waals surface area contributed by atoms with Gasteiger partial charge in [-0.3, -0.25) is 0 Å². The maximum Gasteiger partial charge on any atom is 0.131 e. The Balaban J connectivity index is 2.75. The lowest BCUT2D eigenvalue weighted by Gasteiger charge is -2.19. The fourth-order valence-corrected chi connectivity index (χ4v) is 1.90. The molecule has 2 aromatic rings. The van der Waals surface area contributed by atoms with Gasteiger partial charge in [-0.05, 0) is 18.2 Å². The molecule has 0 atom stereocenters. The third-order valence-corrected chi connectivity index (χ3v) is 2.60. The Labute approximate surface area is 95.6 Å². The summed E-state index contributed by atoms with van der Waals surface area (Å²) in [6.45, 7) is 4.29. The van der Waals surface area contributed by atoms with Gasteiger partial charge < -0.3 is 10.7 Å². The van der Waals surface area contributed by atoms with Gasteiger partial charge in [-0.15, -0.1) is 0 Å². The lowest BCUT2D eigenvalue weighted by atomic mass is 10.2. The molecule has 0 saturated heterocycles. The van der Waals surface area contributed by atoms with E-state index in [1.165, 1.54) is 0 Å². The van der Waals surface area contributed by atoms with Crippen LogP contribution in [0.15, 0.2) is 18.2 Å². The quantitative estimate of drug-likeness (QED) is 0.784. The van der Waals surface area contributed by atoms with Crippen molar-refractivity contribution in [2.45, 2.75) is 19.8 Å². The standard InChI is InChI=1S/C12H18N4/c1-8(2)12-14-10-7-9(13)5-6-11(10)16(12)15(3)4/h5-8H,13H2,1-4H3. The summed E-state index contributed by atoms with van der Waals surface area (Å²) in [5.74, 6) is 1.45. The number of fused-ring (bicyclic) bond motifs is 1. The number of nitrogens with zero attached hydrogens (tertiary/aromatic N) is 3. The highest BCUT2D eigenvalue weighted by atomic mass is 15.5. The van der Waals surface area contributed by atoms with Crippen molar-refractivity contribution in [1.29, 1.82) is 0 Å². The first-order valence-electron chi connectivity index (χ1n) is 5.46. The van der Waals surface area contributed by atoms with E-state index in [2.05, 4.69) is 23.5 Å². The molecule has 0 aliphatic rings. The van der Waals surface area contributed by atoms with Crippen molar-refractivity contribution in [3.8, 4) is 0 Å². The molecule has 0 aliphatic carbocycles. The number of hydrogen-bond donors (Lipinski definition) is 1. The fourth-order valence-electron chi connectivity index (χ4n) is 1.90. The molecule has 16 heavy (non-hydrogen) atoms. The Bertz CT molecular complexity index is 511. The van der Waals surface area contributed by atoms with Crippen LogP contribution in [0.4, 0.5) is 5.69 Å². The van der Waals surface area contributed by atoms with Gasteiger partial charge in [-0.2, -0.15) is 0 Å². The Morgan fingerprint density at radius 3 is 2.56 bits per heavy atom. The third kappa shape index (κ3) is 1.60. The lowest BCUT2D eigenvalue weighted by Crippen LogP contribution is -2.27. The van der Waals surface area contributed by atoms with Crippen molar-refractivity contribution in [2.75, 3.05) is 24.8 Å². The van der Waals surface area contributed by atoms with Gasteiger partial charge in [0.25, 0.3) is 0 Å². The number of hydrogen-bond acceptors (Lipinski definition) is 3. The molecule has 1 heterocycles. The van der Waals surface area contributed by atoms with E-state index in [1.54, 1.807) is 0 Å². The van der Waals surface area contributed by atoms with Crippen molar-refractivity contribution >= 4 is 16.7 Å². The van der Waals surface area contributed by atoms with Crippen LogP contribution in [0.1, 0.15) is 25.6 Å². The van der Waals surface area contributed by atoms with Crippen LogP contribution in [0.25, 0.3) is 11.0 Å². The van der Waals surface area contributed by atoms with Crippen molar-refractivity contribution in [1.82, 2.24) is 9.66 Å². The first-order chi connectivity index (χ1) is 7.50. The summed E-state index contributed by atoms with van der Waals surface area (Å²) < 4.78 is 2.12. The molecular weight excluding hydrogens is 200 g/mol. The highest BCUT2D eigenvalue weighted by molar-refractivity contribution is 5.80. The molecule has 0 aliphatic heterocycles. The normalized spacial score (nSPS) is 11.3. The van der Waals surface area contributed by atoms with Crippen molar-refractivity contribution in [3.05, 3.63) is 24.0 Å². The van der Waals surface area contributed by atoms with Crippen LogP contribution < -0.4 is 10.7 Å². The van der Waals surface area contributed by atoms with Crippen LogP contribution >= 0.6 is 0 Å². The molecule has 0 amide bonds. The summed E-state index contributed by atoms with van der Waals surface area (Å²) in [5.41, 5.74) is 8.58. The van der Waals surface area contributed by atoms with E-state index in [0.29, 0.717) is 5.92 Å². The van der Waals surface area contributed by atoms with Gasteiger partial charge in [0.05, 0.1) is 11.0 Å². The van der Waals surface area contributed by atoms with Crippen LogP contribution in [-0.4, -0.2) is 23.8 Å². The first kappa shape index (κ1) is 10.8. The minimum Gasteiger partial charge on any atom is -0.399 e. The molecular formula is C12H18N4. The van der Waals surface area contributed by atoms with E-state index in [9.17, 15) is 0 Å². The molecule has 86 valence electrons. The summed E-state index contributed by atoms with van der Waals surface area (Å²) in [6.07, 6.45) is 0. The predicted octanol–water partition coefficient (Wildman–Crippen LogP) is 1.94. The van der Waals surface area contributed by atoms with Gasteiger partial charge in [0, 0.05) is 25.7 Å². The van der Waals surface area contributed by atoms with Gasteiger partial charge >= 0.3 is 0 Å². The largest absolute Gasteiger partial charge is 0.399 e. The lowest BCUT2D eigenvalue weighted by molar-refractivity contribution is 0.652. The Kier molecular flexibility index (Phi) is 2.50. The second-order valence-electron chi connectivity index (χ2n) is 4.53. The summed E-state index contributed by atoms with van der Waals surface area (Å²) >= 11 is 0. The molecule has 0 bridgehead atoms. The van der Waals surface area contributed by atoms with E-state index in [4.69, 9.17) is 5.73 Å². The van der Waals surface area contributed by atoms with Crippen molar-refractivity contribution in [2.24, 2.45) is 0 Å². The molecule has 4 nitrogen and oxygen atoms in total. The van der Waals surface area contributed by atoms with Gasteiger partial charge in [0.15, 0.2) is 0 Å². The average molecular weight is 218 g/mol. The topological polar surface area (TPSA) is 47.1 Å². The number of rotatable bonds is 2. The SMILES string of the molecule is CC(C)c1nc2cc(N)ccc2n1N(C)C. The van der Waals surface area contributed by atoms with Crippen LogP contribution in [0, 0.1) is 0 Å². The average Bonchev–Trinajstić information content (AvgIpc) is 2.55. The van der Waals surface area contributed by atoms with E-state index in [1.807, 2.05) is 37.3 Å². The van der Waals surface area contributed by atoms with Crippen LogP contribution in [-0.2, 0) is 0 Å². The van der Waals surface area contributed by atoms with E-state index >= 15 is 0 Å². The van der Waals surface area contributed by atoms with E-state index in [-0.39, 0.29) is 0 Å². The first-order valence-corrected chi connectivity index (χ1v) is 5.46. The zero-order valence-electron chi connectivity index (χ0n) is 10.2. The fraction of sp³-hybridized carbons (Fsp3) is 0.417.